The molecule has 1 saturated carbocycles. The van der Waals surface area contributed by atoms with Gasteiger partial charge in [-0.15, -0.1) is 0 Å². The highest BCUT2D eigenvalue weighted by Crippen LogP contribution is 2.42. The van der Waals surface area contributed by atoms with Gasteiger partial charge in [-0.1, -0.05) is 20.3 Å². The first kappa shape index (κ1) is 14.3. The molecule has 0 spiro atoms. The lowest BCUT2D eigenvalue weighted by Gasteiger charge is -2.51. The van der Waals surface area contributed by atoms with Gasteiger partial charge in [0.15, 0.2) is 0 Å². The summed E-state index contributed by atoms with van der Waals surface area (Å²) in [4.78, 5) is 2.54. The number of nitrogens with one attached hydrogen (secondary N) is 1. The minimum Gasteiger partial charge on any atom is -0.381 e. The van der Waals surface area contributed by atoms with Gasteiger partial charge in [-0.3, -0.25) is 0 Å². The Morgan fingerprint density at radius 1 is 1.33 bits per heavy atom. The summed E-state index contributed by atoms with van der Waals surface area (Å²) in [6, 6.07) is 1.43. The summed E-state index contributed by atoms with van der Waals surface area (Å²) < 4.78 is 5.50. The number of hydrogen-bond acceptors (Lipinski definition) is 3. The molecule has 1 N–H and O–H groups in total. The number of piperidine rings is 1. The van der Waals surface area contributed by atoms with Crippen molar-refractivity contribution in [2.24, 2.45) is 5.41 Å². The maximum Gasteiger partial charge on any atom is 0.0652 e. The number of nitrogens with zero attached hydrogens (tertiary/aromatic N) is 1. The van der Waals surface area contributed by atoms with Gasteiger partial charge in [0.25, 0.3) is 0 Å². The Morgan fingerprint density at radius 3 is 2.72 bits per heavy atom. The Balaban J connectivity index is 1.67. The highest BCUT2D eigenvalue weighted by molar-refractivity contribution is 5.02. The van der Waals surface area contributed by atoms with Crippen molar-refractivity contribution in [1.29, 1.82) is 0 Å². The Kier molecular flexibility index (Phi) is 4.68. The van der Waals surface area contributed by atoms with Crippen molar-refractivity contribution in [2.45, 2.75) is 64.1 Å². The Bertz CT molecular complexity index is 267. The lowest BCUT2D eigenvalue weighted by Crippen LogP contribution is -2.61. The molecule has 1 aliphatic heterocycles. The average Bonchev–Trinajstić information content (AvgIpc) is 2.34. The van der Waals surface area contributed by atoms with Crippen LogP contribution in [0.25, 0.3) is 0 Å². The number of ether oxygens (including phenoxy) is 1. The first-order valence-corrected chi connectivity index (χ1v) is 7.52. The van der Waals surface area contributed by atoms with Crippen LogP contribution in [0.4, 0.5) is 0 Å². The number of rotatable bonds is 5. The zero-order chi connectivity index (χ0) is 13.2. The second-order valence-electron chi connectivity index (χ2n) is 6.71. The van der Waals surface area contributed by atoms with E-state index in [9.17, 15) is 0 Å². The molecule has 1 aliphatic carbocycles. The molecule has 0 radical (unpaired) electrons. The van der Waals surface area contributed by atoms with Gasteiger partial charge in [0.2, 0.25) is 0 Å². The Morgan fingerprint density at radius 2 is 2.11 bits per heavy atom. The standard InChI is InChI=1S/C15H30N2O/c1-15(2)13(11-14(15)18-4)16-9-8-12-7-5-6-10-17(12)3/h12-14,16H,5-11H2,1-4H3. The Hall–Kier alpha value is -0.120. The molecule has 1 saturated heterocycles. The van der Waals surface area contributed by atoms with E-state index < -0.39 is 0 Å². The molecule has 2 aliphatic rings. The predicted molar refractivity (Wildman–Crippen MR) is 75.9 cm³/mol. The molecule has 106 valence electrons. The molecule has 1 heterocycles. The van der Waals surface area contributed by atoms with E-state index in [1.165, 1.54) is 38.6 Å². The van der Waals surface area contributed by atoms with Crippen molar-refractivity contribution >= 4 is 0 Å². The summed E-state index contributed by atoms with van der Waals surface area (Å²) in [5, 5.41) is 3.73. The molecular weight excluding hydrogens is 224 g/mol. The molecule has 0 aromatic heterocycles. The zero-order valence-electron chi connectivity index (χ0n) is 12.5. The molecule has 3 unspecified atom stereocenters. The largest absolute Gasteiger partial charge is 0.381 e. The van der Waals surface area contributed by atoms with Gasteiger partial charge in [-0.05, 0) is 45.8 Å². The minimum atomic E-state index is 0.299. The molecule has 0 aromatic carbocycles. The molecule has 3 heteroatoms. The van der Waals surface area contributed by atoms with E-state index in [0.29, 0.717) is 17.6 Å². The molecular formula is C15H30N2O. The first-order valence-electron chi connectivity index (χ1n) is 7.52. The lowest BCUT2D eigenvalue weighted by molar-refractivity contribution is -0.0975. The van der Waals surface area contributed by atoms with Crippen LogP contribution in [0.1, 0.15) is 46.0 Å². The van der Waals surface area contributed by atoms with E-state index in [0.717, 1.165) is 12.6 Å². The molecule has 0 amide bonds. The quantitative estimate of drug-likeness (QED) is 0.814. The zero-order valence-corrected chi connectivity index (χ0v) is 12.5. The second kappa shape index (κ2) is 5.89. The molecule has 0 bridgehead atoms. The van der Waals surface area contributed by atoms with Crippen LogP contribution in [-0.2, 0) is 4.74 Å². The maximum absolute atomic E-state index is 5.50. The highest BCUT2D eigenvalue weighted by atomic mass is 16.5. The summed E-state index contributed by atoms with van der Waals surface area (Å²) in [7, 11) is 4.11. The number of hydrogen-bond donors (Lipinski definition) is 1. The fourth-order valence-corrected chi connectivity index (χ4v) is 3.56. The summed E-state index contributed by atoms with van der Waals surface area (Å²) in [5.74, 6) is 0. The summed E-state index contributed by atoms with van der Waals surface area (Å²) in [6.07, 6.45) is 7.08. The minimum absolute atomic E-state index is 0.299. The summed E-state index contributed by atoms with van der Waals surface area (Å²) in [5.41, 5.74) is 0.299. The molecule has 0 aromatic rings. The monoisotopic (exact) mass is 254 g/mol. The number of methoxy groups -OCH3 is 1. The fourth-order valence-electron chi connectivity index (χ4n) is 3.56. The van der Waals surface area contributed by atoms with E-state index in [1.54, 1.807) is 0 Å². The van der Waals surface area contributed by atoms with Crippen LogP contribution in [0.5, 0.6) is 0 Å². The van der Waals surface area contributed by atoms with Crippen LogP contribution in [-0.4, -0.2) is 50.3 Å². The van der Waals surface area contributed by atoms with Crippen LogP contribution < -0.4 is 5.32 Å². The van der Waals surface area contributed by atoms with Gasteiger partial charge < -0.3 is 15.0 Å². The van der Waals surface area contributed by atoms with Crippen molar-refractivity contribution < 1.29 is 4.74 Å². The van der Waals surface area contributed by atoms with Gasteiger partial charge in [0, 0.05) is 24.6 Å². The van der Waals surface area contributed by atoms with Gasteiger partial charge in [0.05, 0.1) is 6.10 Å². The average molecular weight is 254 g/mol. The van der Waals surface area contributed by atoms with Crippen LogP contribution in [0, 0.1) is 5.41 Å². The summed E-state index contributed by atoms with van der Waals surface area (Å²) in [6.45, 7) is 7.06. The van der Waals surface area contributed by atoms with Crippen molar-refractivity contribution in [3.05, 3.63) is 0 Å². The number of likely N-dealkylation sites (tertiary alicyclic amines) is 1. The Labute approximate surface area is 112 Å². The predicted octanol–water partition coefficient (Wildman–Crippen LogP) is 2.26. The van der Waals surface area contributed by atoms with E-state index >= 15 is 0 Å². The summed E-state index contributed by atoms with van der Waals surface area (Å²) >= 11 is 0. The lowest BCUT2D eigenvalue weighted by atomic mass is 9.64. The molecule has 18 heavy (non-hydrogen) atoms. The van der Waals surface area contributed by atoms with Crippen LogP contribution in [0.2, 0.25) is 0 Å². The normalized spacial score (nSPS) is 36.3. The third-order valence-corrected chi connectivity index (χ3v) is 5.25. The molecule has 3 atom stereocenters. The molecule has 2 fully saturated rings. The van der Waals surface area contributed by atoms with Crippen molar-refractivity contribution in [1.82, 2.24) is 10.2 Å². The molecule has 3 nitrogen and oxygen atoms in total. The van der Waals surface area contributed by atoms with Gasteiger partial charge in [-0.2, -0.15) is 0 Å². The smallest absolute Gasteiger partial charge is 0.0652 e. The maximum atomic E-state index is 5.50. The van der Waals surface area contributed by atoms with E-state index in [-0.39, 0.29) is 0 Å². The van der Waals surface area contributed by atoms with E-state index in [2.05, 4.69) is 31.1 Å². The third kappa shape index (κ3) is 2.89. The van der Waals surface area contributed by atoms with Gasteiger partial charge in [-0.25, -0.2) is 0 Å². The van der Waals surface area contributed by atoms with Crippen molar-refractivity contribution in [3.8, 4) is 0 Å². The van der Waals surface area contributed by atoms with Crippen molar-refractivity contribution in [3.63, 3.8) is 0 Å². The molecule has 2 rings (SSSR count). The topological polar surface area (TPSA) is 24.5 Å². The second-order valence-corrected chi connectivity index (χ2v) is 6.71. The van der Waals surface area contributed by atoms with Gasteiger partial charge >= 0.3 is 0 Å². The highest BCUT2D eigenvalue weighted by Gasteiger charge is 2.48. The first-order chi connectivity index (χ1) is 8.55. The van der Waals surface area contributed by atoms with Crippen LogP contribution in [0.3, 0.4) is 0 Å². The third-order valence-electron chi connectivity index (χ3n) is 5.25. The van der Waals surface area contributed by atoms with Crippen LogP contribution >= 0.6 is 0 Å². The SMILES string of the molecule is COC1CC(NCCC2CCCCN2C)C1(C)C. The fraction of sp³-hybridized carbons (Fsp3) is 1.00. The van der Waals surface area contributed by atoms with Gasteiger partial charge in [0.1, 0.15) is 0 Å². The van der Waals surface area contributed by atoms with Crippen molar-refractivity contribution in [2.75, 3.05) is 27.2 Å². The van der Waals surface area contributed by atoms with E-state index in [1.807, 2.05) is 7.11 Å². The van der Waals surface area contributed by atoms with Crippen LogP contribution in [0.15, 0.2) is 0 Å². The van der Waals surface area contributed by atoms with E-state index in [4.69, 9.17) is 4.74 Å².